The number of hydrogen-bond acceptors (Lipinski definition) is 3. The molecule has 2 N–H and O–H groups in total. The van der Waals surface area contributed by atoms with E-state index in [1.54, 1.807) is 0 Å². The smallest absolute Gasteiger partial charge is 0.0431 e. The molecule has 0 aromatic carbocycles. The Bertz CT molecular complexity index is 75.9. The molecule has 0 radical (unpaired) electrons. The summed E-state index contributed by atoms with van der Waals surface area (Å²) in [5.41, 5.74) is 0. The molecule has 100 valence electrons. The van der Waals surface area contributed by atoms with Gasteiger partial charge in [-0.2, -0.15) is 12.6 Å². The van der Waals surface area contributed by atoms with E-state index in [0.29, 0.717) is 13.2 Å². The number of rotatable bonds is 10. The third-order valence-corrected chi connectivity index (χ3v) is 2.64. The summed E-state index contributed by atoms with van der Waals surface area (Å²) in [4.78, 5) is 0. The van der Waals surface area contributed by atoms with Crippen LogP contribution < -0.4 is 0 Å². The topological polar surface area (TPSA) is 40.5 Å². The summed E-state index contributed by atoms with van der Waals surface area (Å²) >= 11 is 4.06. The summed E-state index contributed by atoms with van der Waals surface area (Å²) in [5.74, 6) is 0.978. The Hall–Kier alpha value is 0.270. The molecule has 0 saturated heterocycles. The fraction of sp³-hybridized carbons (Fsp3) is 1.00. The molecule has 16 heavy (non-hydrogen) atoms. The van der Waals surface area contributed by atoms with Crippen molar-refractivity contribution >= 4 is 12.6 Å². The maximum Gasteiger partial charge on any atom is 0.0431 e. The first kappa shape index (κ1) is 18.6. The van der Waals surface area contributed by atoms with Crippen LogP contribution in [0.3, 0.4) is 0 Å². The van der Waals surface area contributed by atoms with E-state index in [-0.39, 0.29) is 0 Å². The van der Waals surface area contributed by atoms with E-state index in [4.69, 9.17) is 10.2 Å². The SMILES string of the molecule is CCCCCCCO.OCCCCCCS. The maximum absolute atomic E-state index is 8.37. The molecule has 0 aliphatic rings. The lowest BCUT2D eigenvalue weighted by atomic mass is 10.2. The number of thiol groups is 1. The highest BCUT2D eigenvalue weighted by atomic mass is 32.1. The normalized spacial score (nSPS) is 9.75. The second-order valence-corrected chi connectivity index (χ2v) is 4.45. The molecule has 0 atom stereocenters. The average Bonchev–Trinajstić information content (AvgIpc) is 2.31. The van der Waals surface area contributed by atoms with Crippen LogP contribution in [-0.2, 0) is 0 Å². The Morgan fingerprint density at radius 2 is 1.12 bits per heavy atom. The first-order valence-electron chi connectivity index (χ1n) is 6.66. The minimum absolute atomic E-state index is 0.340. The van der Waals surface area contributed by atoms with Gasteiger partial charge in [-0.25, -0.2) is 0 Å². The van der Waals surface area contributed by atoms with Gasteiger partial charge in [0, 0.05) is 13.2 Å². The van der Waals surface area contributed by atoms with Crippen molar-refractivity contribution in [3.8, 4) is 0 Å². The molecule has 0 saturated carbocycles. The Morgan fingerprint density at radius 1 is 0.688 bits per heavy atom. The monoisotopic (exact) mass is 250 g/mol. The first-order valence-corrected chi connectivity index (χ1v) is 7.29. The van der Waals surface area contributed by atoms with Gasteiger partial charge in [0.15, 0.2) is 0 Å². The fourth-order valence-corrected chi connectivity index (χ4v) is 1.52. The number of aliphatic hydroxyl groups excluding tert-OH is 2. The largest absolute Gasteiger partial charge is 0.396 e. The van der Waals surface area contributed by atoms with E-state index in [1.165, 1.54) is 38.5 Å². The zero-order valence-electron chi connectivity index (χ0n) is 10.8. The Morgan fingerprint density at radius 3 is 1.50 bits per heavy atom. The van der Waals surface area contributed by atoms with E-state index >= 15 is 0 Å². The molecular weight excluding hydrogens is 220 g/mol. The van der Waals surface area contributed by atoms with Crippen LogP contribution >= 0.6 is 12.6 Å². The molecule has 3 heteroatoms. The van der Waals surface area contributed by atoms with Crippen molar-refractivity contribution in [2.75, 3.05) is 19.0 Å². The first-order chi connectivity index (χ1) is 7.83. The van der Waals surface area contributed by atoms with Crippen LogP contribution in [0.2, 0.25) is 0 Å². The van der Waals surface area contributed by atoms with Crippen molar-refractivity contribution in [3.05, 3.63) is 0 Å². The van der Waals surface area contributed by atoms with Crippen LogP contribution in [0.5, 0.6) is 0 Å². The second-order valence-electron chi connectivity index (χ2n) is 4.00. The Labute approximate surface area is 107 Å². The highest BCUT2D eigenvalue weighted by Crippen LogP contribution is 2.00. The molecule has 0 aliphatic heterocycles. The van der Waals surface area contributed by atoms with Gasteiger partial charge in [-0.15, -0.1) is 0 Å². The Kier molecular flexibility index (Phi) is 24.0. The molecule has 0 amide bonds. The molecule has 0 rings (SSSR count). The van der Waals surface area contributed by atoms with Crippen molar-refractivity contribution in [1.29, 1.82) is 0 Å². The van der Waals surface area contributed by atoms with Gasteiger partial charge < -0.3 is 10.2 Å². The standard InChI is InChI=1S/C7H16O.C6H14OS/c1-2-3-4-5-6-7-8;7-5-3-1-2-4-6-8/h8H,2-7H2,1H3;7-8H,1-6H2. The maximum atomic E-state index is 8.37. The van der Waals surface area contributed by atoms with Gasteiger partial charge in [-0.1, -0.05) is 45.4 Å². The third kappa shape index (κ3) is 23.8. The van der Waals surface area contributed by atoms with Gasteiger partial charge >= 0.3 is 0 Å². The van der Waals surface area contributed by atoms with E-state index in [9.17, 15) is 0 Å². The van der Waals surface area contributed by atoms with Crippen molar-refractivity contribution in [3.63, 3.8) is 0 Å². The number of unbranched alkanes of at least 4 members (excludes halogenated alkanes) is 7. The summed E-state index contributed by atoms with van der Waals surface area (Å²) in [6.07, 6.45) is 10.6. The minimum atomic E-state index is 0.340. The van der Waals surface area contributed by atoms with E-state index in [2.05, 4.69) is 19.6 Å². The van der Waals surface area contributed by atoms with Crippen LogP contribution in [0.15, 0.2) is 0 Å². The molecular formula is C13H30O2S. The average molecular weight is 250 g/mol. The molecule has 0 fully saturated rings. The second kappa shape index (κ2) is 20.7. The van der Waals surface area contributed by atoms with Crippen molar-refractivity contribution in [2.45, 2.75) is 64.7 Å². The van der Waals surface area contributed by atoms with Crippen molar-refractivity contribution in [2.24, 2.45) is 0 Å². The summed E-state index contributed by atoms with van der Waals surface area (Å²) in [5, 5.41) is 16.7. The summed E-state index contributed by atoms with van der Waals surface area (Å²) in [6, 6.07) is 0. The van der Waals surface area contributed by atoms with Gasteiger partial charge in [0.05, 0.1) is 0 Å². The molecule has 0 unspecified atom stereocenters. The summed E-state index contributed by atoms with van der Waals surface area (Å²) < 4.78 is 0. The number of aliphatic hydroxyl groups is 2. The molecule has 2 nitrogen and oxygen atoms in total. The lowest BCUT2D eigenvalue weighted by molar-refractivity contribution is 0.282. The summed E-state index contributed by atoms with van der Waals surface area (Å²) in [6.45, 7) is 2.90. The van der Waals surface area contributed by atoms with Gasteiger partial charge in [0.1, 0.15) is 0 Å². The van der Waals surface area contributed by atoms with Crippen LogP contribution in [0.25, 0.3) is 0 Å². The van der Waals surface area contributed by atoms with Gasteiger partial charge in [-0.3, -0.25) is 0 Å². The van der Waals surface area contributed by atoms with E-state index < -0.39 is 0 Å². The van der Waals surface area contributed by atoms with Crippen LogP contribution in [0, 0.1) is 0 Å². The highest BCUT2D eigenvalue weighted by molar-refractivity contribution is 7.80. The summed E-state index contributed by atoms with van der Waals surface area (Å²) in [7, 11) is 0. The van der Waals surface area contributed by atoms with Crippen LogP contribution in [0.1, 0.15) is 64.7 Å². The molecule has 0 aliphatic carbocycles. The van der Waals surface area contributed by atoms with Gasteiger partial charge in [0.2, 0.25) is 0 Å². The van der Waals surface area contributed by atoms with Crippen molar-refractivity contribution < 1.29 is 10.2 Å². The predicted octanol–water partition coefficient (Wildman–Crippen LogP) is 3.42. The molecule has 0 heterocycles. The van der Waals surface area contributed by atoms with E-state index in [1.807, 2.05) is 0 Å². The van der Waals surface area contributed by atoms with Crippen LogP contribution in [0.4, 0.5) is 0 Å². The van der Waals surface area contributed by atoms with Crippen molar-refractivity contribution in [1.82, 2.24) is 0 Å². The van der Waals surface area contributed by atoms with Gasteiger partial charge in [0.25, 0.3) is 0 Å². The zero-order valence-corrected chi connectivity index (χ0v) is 11.7. The lowest BCUT2D eigenvalue weighted by Crippen LogP contribution is -1.83. The molecule has 0 aromatic rings. The van der Waals surface area contributed by atoms with Gasteiger partial charge in [-0.05, 0) is 25.0 Å². The zero-order chi connectivity index (χ0) is 12.5. The van der Waals surface area contributed by atoms with Crippen LogP contribution in [-0.4, -0.2) is 29.2 Å². The molecule has 0 aromatic heterocycles. The number of hydrogen-bond donors (Lipinski definition) is 3. The van der Waals surface area contributed by atoms with E-state index in [0.717, 1.165) is 25.0 Å². The minimum Gasteiger partial charge on any atom is -0.396 e. The third-order valence-electron chi connectivity index (χ3n) is 2.33. The highest BCUT2D eigenvalue weighted by Gasteiger charge is 1.84. The predicted molar refractivity (Wildman–Crippen MR) is 75.3 cm³/mol. The molecule has 0 bridgehead atoms. The quantitative estimate of drug-likeness (QED) is 0.411. The lowest BCUT2D eigenvalue weighted by Gasteiger charge is -1.93. The fourth-order valence-electron chi connectivity index (χ4n) is 1.29. The molecule has 0 spiro atoms. The Balaban J connectivity index is 0.